The third kappa shape index (κ3) is 4.25. The van der Waals surface area contributed by atoms with Gasteiger partial charge in [-0.1, -0.05) is 13.0 Å². The van der Waals surface area contributed by atoms with E-state index in [0.29, 0.717) is 11.7 Å². The van der Waals surface area contributed by atoms with E-state index in [1.165, 1.54) is 18.2 Å². The van der Waals surface area contributed by atoms with Gasteiger partial charge in [0.2, 0.25) is 0 Å². The van der Waals surface area contributed by atoms with E-state index >= 15 is 0 Å². The fraction of sp³-hybridized carbons (Fsp3) is 0.529. The van der Waals surface area contributed by atoms with Crippen molar-refractivity contribution in [3.05, 3.63) is 29.8 Å². The van der Waals surface area contributed by atoms with Crippen LogP contribution in [-0.2, 0) is 0 Å². The van der Waals surface area contributed by atoms with Crippen molar-refractivity contribution in [1.29, 1.82) is 5.26 Å². The Bertz CT molecular complexity index is 550. The summed E-state index contributed by atoms with van der Waals surface area (Å²) in [6.45, 7) is 7.23. The maximum Gasteiger partial charge on any atom is 0.254 e. The van der Waals surface area contributed by atoms with Crippen LogP contribution < -0.4 is 0 Å². The van der Waals surface area contributed by atoms with Gasteiger partial charge in [0.15, 0.2) is 0 Å². The van der Waals surface area contributed by atoms with E-state index in [-0.39, 0.29) is 11.9 Å². The summed E-state index contributed by atoms with van der Waals surface area (Å²) in [6.07, 6.45) is 1.23. The predicted molar refractivity (Wildman–Crippen MR) is 86.2 cm³/mol. The highest BCUT2D eigenvalue weighted by Crippen LogP contribution is 2.38. The molecule has 0 bridgehead atoms. The number of hydrogen-bond donors (Lipinski definition) is 0. The van der Waals surface area contributed by atoms with Crippen LogP contribution in [0.1, 0.15) is 37.6 Å². The summed E-state index contributed by atoms with van der Waals surface area (Å²) < 4.78 is 0. The summed E-state index contributed by atoms with van der Waals surface area (Å²) >= 11 is 1.47. The minimum Gasteiger partial charge on any atom is -0.336 e. The van der Waals surface area contributed by atoms with Crippen LogP contribution in [-0.4, -0.2) is 29.1 Å². The molecule has 21 heavy (non-hydrogen) atoms. The predicted octanol–water partition coefficient (Wildman–Crippen LogP) is 3.81. The van der Waals surface area contributed by atoms with Gasteiger partial charge in [-0.2, -0.15) is 5.26 Å². The van der Waals surface area contributed by atoms with E-state index in [1.54, 1.807) is 0 Å². The molecule has 3 nitrogen and oxygen atoms in total. The molecule has 2 unspecified atom stereocenters. The Morgan fingerprint density at radius 3 is 2.81 bits per heavy atom. The van der Waals surface area contributed by atoms with Crippen LogP contribution in [0.25, 0.3) is 0 Å². The molecular weight excluding hydrogens is 280 g/mol. The van der Waals surface area contributed by atoms with Gasteiger partial charge >= 0.3 is 0 Å². The van der Waals surface area contributed by atoms with Crippen LogP contribution in [0.2, 0.25) is 0 Å². The molecule has 2 atom stereocenters. The number of thioether (sulfide) groups is 1. The Morgan fingerprint density at radius 2 is 2.24 bits per heavy atom. The van der Waals surface area contributed by atoms with Crippen molar-refractivity contribution in [3.8, 4) is 6.07 Å². The van der Waals surface area contributed by atoms with Crippen molar-refractivity contribution in [2.24, 2.45) is 11.8 Å². The van der Waals surface area contributed by atoms with Gasteiger partial charge < -0.3 is 4.90 Å². The van der Waals surface area contributed by atoms with E-state index in [1.807, 2.05) is 29.2 Å². The molecule has 4 heteroatoms. The lowest BCUT2D eigenvalue weighted by Gasteiger charge is -2.27. The van der Waals surface area contributed by atoms with E-state index in [9.17, 15) is 4.79 Å². The highest BCUT2D eigenvalue weighted by atomic mass is 32.2. The molecular formula is C17H22N2OS. The van der Waals surface area contributed by atoms with Gasteiger partial charge in [-0.3, -0.25) is 4.79 Å². The minimum atomic E-state index is 0.100. The van der Waals surface area contributed by atoms with Gasteiger partial charge in [0.1, 0.15) is 0 Å². The third-order valence-corrected chi connectivity index (χ3v) is 4.84. The topological polar surface area (TPSA) is 44.1 Å². The molecule has 1 aromatic carbocycles. The molecule has 0 heterocycles. The average molecular weight is 302 g/mol. The Morgan fingerprint density at radius 1 is 1.52 bits per heavy atom. The van der Waals surface area contributed by atoms with E-state index in [4.69, 9.17) is 5.26 Å². The maximum atomic E-state index is 12.7. The monoisotopic (exact) mass is 302 g/mol. The molecule has 1 aliphatic carbocycles. The lowest BCUT2D eigenvalue weighted by atomic mass is 10.1. The summed E-state index contributed by atoms with van der Waals surface area (Å²) in [6, 6.07) is 9.93. The summed E-state index contributed by atoms with van der Waals surface area (Å²) in [4.78, 5) is 15.7. The summed E-state index contributed by atoms with van der Waals surface area (Å²) in [5.41, 5.74) is 0.722. The number of nitrogens with zero attached hydrogens (tertiary/aromatic N) is 2. The number of rotatable bonds is 6. The molecule has 1 amide bonds. The zero-order valence-electron chi connectivity index (χ0n) is 12.9. The van der Waals surface area contributed by atoms with E-state index in [2.05, 4.69) is 26.8 Å². The largest absolute Gasteiger partial charge is 0.336 e. The molecule has 2 rings (SSSR count). The van der Waals surface area contributed by atoms with E-state index < -0.39 is 0 Å². The lowest BCUT2D eigenvalue weighted by Crippen LogP contribution is -2.38. The molecule has 0 aromatic heterocycles. The van der Waals surface area contributed by atoms with Gasteiger partial charge in [0, 0.05) is 23.0 Å². The highest BCUT2D eigenvalue weighted by molar-refractivity contribution is 7.99. The number of hydrogen-bond acceptors (Lipinski definition) is 3. The SMILES string of the molecule is CC1CC1CN(C(=O)c1cccc(SCC#N)c1)C(C)C. The van der Waals surface area contributed by atoms with Crippen molar-refractivity contribution < 1.29 is 4.79 Å². The van der Waals surface area contributed by atoms with Crippen LogP contribution in [0.15, 0.2) is 29.2 Å². The van der Waals surface area contributed by atoms with Gasteiger partial charge in [-0.05, 0) is 50.3 Å². The van der Waals surface area contributed by atoms with Crippen LogP contribution >= 0.6 is 11.8 Å². The Labute approximate surface area is 131 Å². The van der Waals surface area contributed by atoms with Crippen LogP contribution in [0.3, 0.4) is 0 Å². The standard InChI is InChI=1S/C17H22N2OS/c1-12(2)19(11-15-9-13(15)3)17(20)14-5-4-6-16(10-14)21-8-7-18/h4-6,10,12-13,15H,8-9,11H2,1-3H3. The number of benzene rings is 1. The normalized spacial score (nSPS) is 20.1. The number of amides is 1. The van der Waals surface area contributed by atoms with Crippen molar-refractivity contribution in [1.82, 2.24) is 4.90 Å². The molecule has 1 aliphatic rings. The fourth-order valence-electron chi connectivity index (χ4n) is 2.43. The van der Waals surface area contributed by atoms with Crippen LogP contribution in [0.4, 0.5) is 0 Å². The smallest absolute Gasteiger partial charge is 0.254 e. The number of carbonyl (C=O) groups excluding carboxylic acids is 1. The van der Waals surface area contributed by atoms with Crippen molar-refractivity contribution in [3.63, 3.8) is 0 Å². The molecule has 1 aromatic rings. The first-order chi connectivity index (χ1) is 10.0. The summed E-state index contributed by atoms with van der Waals surface area (Å²) in [5.74, 6) is 1.91. The van der Waals surface area contributed by atoms with E-state index in [0.717, 1.165) is 22.9 Å². The minimum absolute atomic E-state index is 0.100. The first-order valence-electron chi connectivity index (χ1n) is 7.43. The first kappa shape index (κ1) is 15.9. The molecule has 112 valence electrons. The van der Waals surface area contributed by atoms with Crippen LogP contribution in [0, 0.1) is 23.2 Å². The van der Waals surface area contributed by atoms with Crippen molar-refractivity contribution in [2.45, 2.75) is 38.1 Å². The molecule has 1 saturated carbocycles. The average Bonchev–Trinajstić information content (AvgIpc) is 3.17. The quantitative estimate of drug-likeness (QED) is 0.751. The van der Waals surface area contributed by atoms with Gasteiger partial charge in [-0.25, -0.2) is 0 Å². The number of carbonyl (C=O) groups is 1. The Balaban J connectivity index is 2.10. The highest BCUT2D eigenvalue weighted by Gasteiger charge is 2.36. The Kier molecular flexibility index (Phi) is 5.30. The number of nitriles is 1. The first-order valence-corrected chi connectivity index (χ1v) is 8.42. The maximum absolute atomic E-state index is 12.7. The fourth-order valence-corrected chi connectivity index (χ4v) is 3.05. The third-order valence-electron chi connectivity index (χ3n) is 3.98. The van der Waals surface area contributed by atoms with Gasteiger partial charge in [-0.15, -0.1) is 11.8 Å². The molecule has 0 N–H and O–H groups in total. The van der Waals surface area contributed by atoms with Gasteiger partial charge in [0.05, 0.1) is 11.8 Å². The van der Waals surface area contributed by atoms with Crippen molar-refractivity contribution >= 4 is 17.7 Å². The molecule has 0 saturated heterocycles. The summed E-state index contributed by atoms with van der Waals surface area (Å²) in [7, 11) is 0. The molecule has 1 fully saturated rings. The molecule has 0 aliphatic heterocycles. The van der Waals surface area contributed by atoms with Crippen LogP contribution in [0.5, 0.6) is 0 Å². The second-order valence-electron chi connectivity index (χ2n) is 6.00. The lowest BCUT2D eigenvalue weighted by molar-refractivity contribution is 0.0693. The zero-order valence-corrected chi connectivity index (χ0v) is 13.7. The molecule has 0 spiro atoms. The van der Waals surface area contributed by atoms with Gasteiger partial charge in [0.25, 0.3) is 5.91 Å². The Hall–Kier alpha value is -1.47. The second kappa shape index (κ2) is 7.00. The molecule has 0 radical (unpaired) electrons. The second-order valence-corrected chi connectivity index (χ2v) is 7.05. The van der Waals surface area contributed by atoms with Crippen molar-refractivity contribution in [2.75, 3.05) is 12.3 Å². The summed E-state index contributed by atoms with van der Waals surface area (Å²) in [5, 5.41) is 8.65. The zero-order chi connectivity index (χ0) is 15.4.